The first-order valence-corrected chi connectivity index (χ1v) is 7.59. The third kappa shape index (κ3) is 5.56. The van der Waals surface area contributed by atoms with Crippen LogP contribution in [0.2, 0.25) is 0 Å². The lowest BCUT2D eigenvalue weighted by Crippen LogP contribution is -2.15. The third-order valence-electron chi connectivity index (χ3n) is 2.65. The van der Waals surface area contributed by atoms with Gasteiger partial charge in [-0.3, -0.25) is 4.79 Å². The number of benzene rings is 1. The minimum absolute atomic E-state index is 0.0775. The van der Waals surface area contributed by atoms with Crippen LogP contribution in [-0.4, -0.2) is 24.0 Å². The molecule has 0 heterocycles. The maximum Gasteiger partial charge on any atom is 0.234 e. The van der Waals surface area contributed by atoms with Gasteiger partial charge in [-0.2, -0.15) is 11.8 Å². The molecule has 0 aliphatic rings. The van der Waals surface area contributed by atoms with Crippen LogP contribution >= 0.6 is 11.8 Å². The fraction of sp³-hybridized carbons (Fsp3) is 0.500. The Kier molecular flexibility index (Phi) is 7.53. The third-order valence-corrected chi connectivity index (χ3v) is 3.69. The second kappa shape index (κ2) is 9.00. The standard InChI is InChI=1S/C14H22N2OS/c1-2-12-7-3-4-8-13(12)16-14(17)11-18-10-6-5-9-15/h3-4,7-8H,2,5-6,9-11,15H2,1H3,(H,16,17). The maximum absolute atomic E-state index is 11.8. The van der Waals surface area contributed by atoms with Crippen LogP contribution in [0.1, 0.15) is 25.3 Å². The quantitative estimate of drug-likeness (QED) is 0.711. The van der Waals surface area contributed by atoms with E-state index in [-0.39, 0.29) is 5.91 Å². The first-order chi connectivity index (χ1) is 8.77. The average molecular weight is 266 g/mol. The molecule has 0 radical (unpaired) electrons. The summed E-state index contributed by atoms with van der Waals surface area (Å²) in [6, 6.07) is 7.94. The van der Waals surface area contributed by atoms with Crippen LogP contribution < -0.4 is 11.1 Å². The van der Waals surface area contributed by atoms with Gasteiger partial charge in [0, 0.05) is 5.69 Å². The normalized spacial score (nSPS) is 10.3. The Morgan fingerprint density at radius 3 is 2.83 bits per heavy atom. The molecule has 0 aromatic heterocycles. The predicted octanol–water partition coefficient (Wildman–Crippen LogP) is 2.66. The molecule has 0 fully saturated rings. The molecular weight excluding hydrogens is 244 g/mol. The number of para-hydroxylation sites is 1. The number of nitrogens with one attached hydrogen (secondary N) is 1. The van der Waals surface area contributed by atoms with Crippen molar-refractivity contribution in [2.45, 2.75) is 26.2 Å². The highest BCUT2D eigenvalue weighted by atomic mass is 32.2. The van der Waals surface area contributed by atoms with Gasteiger partial charge in [0.05, 0.1) is 5.75 Å². The molecule has 3 N–H and O–H groups in total. The Hall–Kier alpha value is -1.000. The van der Waals surface area contributed by atoms with Crippen molar-refractivity contribution < 1.29 is 4.79 Å². The largest absolute Gasteiger partial charge is 0.330 e. The van der Waals surface area contributed by atoms with E-state index in [9.17, 15) is 4.79 Å². The first kappa shape index (κ1) is 15.1. The van der Waals surface area contributed by atoms with E-state index in [4.69, 9.17) is 5.73 Å². The number of carbonyl (C=O) groups excluding carboxylic acids is 1. The van der Waals surface area contributed by atoms with E-state index >= 15 is 0 Å². The highest BCUT2D eigenvalue weighted by Crippen LogP contribution is 2.16. The van der Waals surface area contributed by atoms with E-state index in [1.54, 1.807) is 11.8 Å². The number of hydrogen-bond acceptors (Lipinski definition) is 3. The van der Waals surface area contributed by atoms with E-state index < -0.39 is 0 Å². The number of rotatable bonds is 8. The number of aryl methyl sites for hydroxylation is 1. The van der Waals surface area contributed by atoms with Crippen molar-refractivity contribution >= 4 is 23.4 Å². The summed E-state index contributed by atoms with van der Waals surface area (Å²) in [6.45, 7) is 2.82. The zero-order valence-electron chi connectivity index (χ0n) is 10.9. The number of unbranched alkanes of at least 4 members (excludes halogenated alkanes) is 1. The highest BCUT2D eigenvalue weighted by molar-refractivity contribution is 7.99. The van der Waals surface area contributed by atoms with Crippen molar-refractivity contribution in [2.24, 2.45) is 5.73 Å². The van der Waals surface area contributed by atoms with Crippen LogP contribution in [-0.2, 0) is 11.2 Å². The Labute approximate surface area is 114 Å². The molecule has 0 bridgehead atoms. The fourth-order valence-electron chi connectivity index (χ4n) is 1.65. The van der Waals surface area contributed by atoms with Gasteiger partial charge in [-0.15, -0.1) is 0 Å². The Bertz CT molecular complexity index is 369. The van der Waals surface area contributed by atoms with Crippen molar-refractivity contribution in [3.05, 3.63) is 29.8 Å². The molecule has 100 valence electrons. The molecule has 0 saturated heterocycles. The lowest BCUT2D eigenvalue weighted by Gasteiger charge is -2.09. The summed E-state index contributed by atoms with van der Waals surface area (Å²) >= 11 is 1.67. The predicted molar refractivity (Wildman–Crippen MR) is 80.1 cm³/mol. The second-order valence-corrected chi connectivity index (χ2v) is 5.21. The molecule has 0 spiro atoms. The van der Waals surface area contributed by atoms with Crippen LogP contribution in [0.3, 0.4) is 0 Å². The molecule has 4 heteroatoms. The van der Waals surface area contributed by atoms with Gasteiger partial charge in [-0.1, -0.05) is 25.1 Å². The van der Waals surface area contributed by atoms with Gasteiger partial charge in [-0.25, -0.2) is 0 Å². The lowest BCUT2D eigenvalue weighted by atomic mass is 10.1. The van der Waals surface area contributed by atoms with Crippen LogP contribution in [0.25, 0.3) is 0 Å². The SMILES string of the molecule is CCc1ccccc1NC(=O)CSCCCCN. The van der Waals surface area contributed by atoms with Crippen molar-refractivity contribution in [1.82, 2.24) is 0 Å². The summed E-state index contributed by atoms with van der Waals surface area (Å²) < 4.78 is 0. The summed E-state index contributed by atoms with van der Waals surface area (Å²) in [7, 11) is 0. The van der Waals surface area contributed by atoms with Crippen LogP contribution in [0.5, 0.6) is 0 Å². The zero-order valence-corrected chi connectivity index (χ0v) is 11.8. The smallest absolute Gasteiger partial charge is 0.234 e. The molecule has 0 aliphatic heterocycles. The van der Waals surface area contributed by atoms with Gasteiger partial charge in [0.25, 0.3) is 0 Å². The molecule has 0 saturated carbocycles. The number of carbonyl (C=O) groups is 1. The first-order valence-electron chi connectivity index (χ1n) is 6.43. The summed E-state index contributed by atoms with van der Waals surface area (Å²) in [6.07, 6.45) is 3.05. The Morgan fingerprint density at radius 2 is 2.11 bits per heavy atom. The summed E-state index contributed by atoms with van der Waals surface area (Å²) in [5.74, 6) is 1.59. The van der Waals surface area contributed by atoms with Gasteiger partial charge in [0.15, 0.2) is 0 Å². The topological polar surface area (TPSA) is 55.1 Å². The van der Waals surface area contributed by atoms with Gasteiger partial charge in [0.1, 0.15) is 0 Å². The van der Waals surface area contributed by atoms with Crippen molar-refractivity contribution in [3.8, 4) is 0 Å². The van der Waals surface area contributed by atoms with E-state index in [2.05, 4.69) is 12.2 Å². The number of thioether (sulfide) groups is 1. The molecule has 18 heavy (non-hydrogen) atoms. The van der Waals surface area contributed by atoms with Crippen LogP contribution in [0.4, 0.5) is 5.69 Å². The summed E-state index contributed by atoms with van der Waals surface area (Å²) in [4.78, 5) is 11.8. The van der Waals surface area contributed by atoms with Crippen LogP contribution in [0, 0.1) is 0 Å². The van der Waals surface area contributed by atoms with E-state index in [1.165, 1.54) is 5.56 Å². The second-order valence-electron chi connectivity index (χ2n) is 4.11. The molecule has 1 aromatic rings. The molecule has 0 unspecified atom stereocenters. The number of anilines is 1. The Balaban J connectivity index is 2.31. The monoisotopic (exact) mass is 266 g/mol. The molecule has 1 amide bonds. The minimum Gasteiger partial charge on any atom is -0.330 e. The van der Waals surface area contributed by atoms with E-state index in [0.29, 0.717) is 5.75 Å². The molecule has 0 aliphatic carbocycles. The molecule has 1 aromatic carbocycles. The van der Waals surface area contributed by atoms with Gasteiger partial charge < -0.3 is 11.1 Å². The minimum atomic E-state index is 0.0775. The summed E-state index contributed by atoms with van der Waals surface area (Å²) in [5, 5.41) is 2.97. The van der Waals surface area contributed by atoms with Gasteiger partial charge in [0.2, 0.25) is 5.91 Å². The number of nitrogens with two attached hydrogens (primary N) is 1. The van der Waals surface area contributed by atoms with Crippen molar-refractivity contribution in [3.63, 3.8) is 0 Å². The molecular formula is C14H22N2OS. The number of amides is 1. The van der Waals surface area contributed by atoms with Crippen molar-refractivity contribution in [1.29, 1.82) is 0 Å². The van der Waals surface area contributed by atoms with E-state index in [0.717, 1.165) is 37.2 Å². The number of hydrogen-bond donors (Lipinski definition) is 2. The highest BCUT2D eigenvalue weighted by Gasteiger charge is 2.05. The van der Waals surface area contributed by atoms with Gasteiger partial charge in [-0.05, 0) is 43.2 Å². The van der Waals surface area contributed by atoms with Crippen molar-refractivity contribution in [2.75, 3.05) is 23.4 Å². The fourth-order valence-corrected chi connectivity index (χ4v) is 2.46. The van der Waals surface area contributed by atoms with E-state index in [1.807, 2.05) is 24.3 Å². The molecule has 0 atom stereocenters. The molecule has 3 nitrogen and oxygen atoms in total. The average Bonchev–Trinajstić information content (AvgIpc) is 2.39. The van der Waals surface area contributed by atoms with Crippen LogP contribution in [0.15, 0.2) is 24.3 Å². The van der Waals surface area contributed by atoms with Gasteiger partial charge >= 0.3 is 0 Å². The Morgan fingerprint density at radius 1 is 1.33 bits per heavy atom. The lowest BCUT2D eigenvalue weighted by molar-refractivity contribution is -0.113. The summed E-state index contributed by atoms with van der Waals surface area (Å²) in [5.41, 5.74) is 7.53. The maximum atomic E-state index is 11.8. The molecule has 1 rings (SSSR count). The zero-order chi connectivity index (χ0) is 13.2.